The minimum absolute atomic E-state index is 0.129. The van der Waals surface area contributed by atoms with Gasteiger partial charge in [-0.1, -0.05) is 23.7 Å². The molecule has 0 fully saturated rings. The number of amides is 1. The lowest BCUT2D eigenvalue weighted by atomic mass is 10.1. The van der Waals surface area contributed by atoms with Crippen LogP contribution in [-0.2, 0) is 14.6 Å². The molecule has 2 N–H and O–H groups in total. The molecule has 2 aromatic rings. The predicted molar refractivity (Wildman–Crippen MR) is 98.7 cm³/mol. The van der Waals surface area contributed by atoms with Crippen LogP contribution in [0.25, 0.3) is 0 Å². The molecule has 0 saturated heterocycles. The standard InChI is InChI=1S/C18H15ClF3NO5S/c1-10(24)11-3-5-12(6-4-11)29(27,28)13-7-8-15(14(19)9-13)23-16(25)17(2,26)18(20,21)22/h3-9,26H,1-2H3,(H,23,25)/t17-/m1/s1. The topological polar surface area (TPSA) is 101 Å². The monoisotopic (exact) mass is 449 g/mol. The molecule has 0 bridgehead atoms. The fraction of sp³-hybridized carbons (Fsp3) is 0.222. The number of hydrogen-bond acceptors (Lipinski definition) is 5. The van der Waals surface area contributed by atoms with E-state index in [-0.39, 0.29) is 33.2 Å². The Bertz CT molecular complexity index is 1060. The predicted octanol–water partition coefficient (Wildman–Crippen LogP) is 3.63. The third-order valence-electron chi connectivity index (χ3n) is 4.06. The molecular formula is C18H15ClF3NO5S. The number of hydrogen-bond donors (Lipinski definition) is 2. The molecule has 0 radical (unpaired) electrons. The van der Waals surface area contributed by atoms with Gasteiger partial charge in [-0.05, 0) is 44.2 Å². The molecular weight excluding hydrogens is 435 g/mol. The van der Waals surface area contributed by atoms with E-state index in [4.69, 9.17) is 11.6 Å². The zero-order valence-corrected chi connectivity index (χ0v) is 16.6. The van der Waals surface area contributed by atoms with Crippen molar-refractivity contribution < 1.29 is 36.3 Å². The maximum Gasteiger partial charge on any atom is 0.426 e. The molecule has 156 valence electrons. The van der Waals surface area contributed by atoms with Crippen molar-refractivity contribution >= 4 is 38.8 Å². The molecule has 0 aromatic heterocycles. The van der Waals surface area contributed by atoms with E-state index in [9.17, 15) is 36.3 Å². The molecule has 0 unspecified atom stereocenters. The van der Waals surface area contributed by atoms with Gasteiger partial charge in [0.1, 0.15) is 0 Å². The number of halogens is 4. The van der Waals surface area contributed by atoms with Crippen molar-refractivity contribution in [3.8, 4) is 0 Å². The Balaban J connectivity index is 2.33. The molecule has 2 aromatic carbocycles. The highest BCUT2D eigenvalue weighted by Gasteiger charge is 2.55. The summed E-state index contributed by atoms with van der Waals surface area (Å²) in [5.74, 6) is -2.02. The highest BCUT2D eigenvalue weighted by Crippen LogP contribution is 2.33. The molecule has 0 aliphatic heterocycles. The van der Waals surface area contributed by atoms with E-state index in [1.165, 1.54) is 31.2 Å². The molecule has 0 spiro atoms. The SMILES string of the molecule is CC(=O)c1ccc(S(=O)(=O)c2ccc(NC(=O)[C@@](C)(O)C(F)(F)F)c(Cl)c2)cc1. The van der Waals surface area contributed by atoms with E-state index in [1.54, 1.807) is 0 Å². The van der Waals surface area contributed by atoms with E-state index in [2.05, 4.69) is 0 Å². The van der Waals surface area contributed by atoms with Crippen LogP contribution < -0.4 is 5.32 Å². The van der Waals surface area contributed by atoms with Crippen LogP contribution in [0.3, 0.4) is 0 Å². The molecule has 0 heterocycles. The molecule has 11 heteroatoms. The molecule has 1 amide bonds. The first-order chi connectivity index (χ1) is 13.2. The Hall–Kier alpha value is -2.43. The average Bonchev–Trinajstić information content (AvgIpc) is 2.62. The van der Waals surface area contributed by atoms with Gasteiger partial charge in [-0.3, -0.25) is 9.59 Å². The minimum Gasteiger partial charge on any atom is -0.373 e. The van der Waals surface area contributed by atoms with Crippen molar-refractivity contribution in [3.63, 3.8) is 0 Å². The van der Waals surface area contributed by atoms with E-state index in [0.29, 0.717) is 5.56 Å². The van der Waals surface area contributed by atoms with Gasteiger partial charge in [0.05, 0.1) is 20.5 Å². The first-order valence-electron chi connectivity index (χ1n) is 7.94. The van der Waals surface area contributed by atoms with Crippen molar-refractivity contribution in [2.45, 2.75) is 35.4 Å². The van der Waals surface area contributed by atoms with Crippen LogP contribution in [0.5, 0.6) is 0 Å². The van der Waals surface area contributed by atoms with Crippen LogP contribution in [0.15, 0.2) is 52.3 Å². The molecule has 2 rings (SSSR count). The number of carbonyl (C=O) groups is 2. The first-order valence-corrected chi connectivity index (χ1v) is 9.80. The van der Waals surface area contributed by atoms with Crippen molar-refractivity contribution in [3.05, 3.63) is 53.1 Å². The molecule has 29 heavy (non-hydrogen) atoms. The number of Topliss-reactive ketones (excluding diaryl/α,β-unsaturated/α-hetero) is 1. The lowest BCUT2D eigenvalue weighted by molar-refractivity contribution is -0.242. The second-order valence-electron chi connectivity index (χ2n) is 6.25. The minimum atomic E-state index is -5.22. The summed E-state index contributed by atoms with van der Waals surface area (Å²) in [6, 6.07) is 8.14. The van der Waals surface area contributed by atoms with Gasteiger partial charge >= 0.3 is 6.18 Å². The summed E-state index contributed by atoms with van der Waals surface area (Å²) in [5.41, 5.74) is -3.66. The quantitative estimate of drug-likeness (QED) is 0.679. The third-order valence-corrected chi connectivity index (χ3v) is 6.14. The van der Waals surface area contributed by atoms with Crippen molar-refractivity contribution in [1.82, 2.24) is 0 Å². The van der Waals surface area contributed by atoms with Gasteiger partial charge in [0.25, 0.3) is 5.91 Å². The summed E-state index contributed by atoms with van der Waals surface area (Å²) >= 11 is 5.91. The number of alkyl halides is 3. The van der Waals surface area contributed by atoms with Gasteiger partial charge in [-0.2, -0.15) is 13.2 Å². The molecule has 6 nitrogen and oxygen atoms in total. The summed E-state index contributed by atoms with van der Waals surface area (Å²) in [6.45, 7) is 1.60. The maximum atomic E-state index is 12.7. The number of nitrogens with one attached hydrogen (secondary N) is 1. The summed E-state index contributed by atoms with van der Waals surface area (Å²) < 4.78 is 63.5. The second kappa shape index (κ2) is 7.77. The van der Waals surface area contributed by atoms with Gasteiger partial charge in [-0.25, -0.2) is 8.42 Å². The lowest BCUT2D eigenvalue weighted by Crippen LogP contribution is -2.52. The highest BCUT2D eigenvalue weighted by atomic mass is 35.5. The highest BCUT2D eigenvalue weighted by molar-refractivity contribution is 7.91. The summed E-state index contributed by atoms with van der Waals surface area (Å²) in [6.07, 6.45) is -5.22. The molecule has 0 aliphatic carbocycles. The summed E-state index contributed by atoms with van der Waals surface area (Å²) in [4.78, 5) is 22.6. The first kappa shape index (κ1) is 22.9. The van der Waals surface area contributed by atoms with Crippen molar-refractivity contribution in [1.29, 1.82) is 0 Å². The van der Waals surface area contributed by atoms with Gasteiger partial charge in [0.2, 0.25) is 15.4 Å². The van der Waals surface area contributed by atoms with Crippen LogP contribution in [-0.4, -0.2) is 37.0 Å². The number of carbonyl (C=O) groups excluding carboxylic acids is 2. The fourth-order valence-corrected chi connectivity index (χ4v) is 3.72. The second-order valence-corrected chi connectivity index (χ2v) is 8.61. The normalized spacial score (nSPS) is 14.2. The zero-order chi connectivity index (χ0) is 22.2. The zero-order valence-electron chi connectivity index (χ0n) is 15.0. The van der Waals surface area contributed by atoms with E-state index < -0.39 is 27.5 Å². The van der Waals surface area contributed by atoms with E-state index in [0.717, 1.165) is 18.2 Å². The average molecular weight is 450 g/mol. The van der Waals surface area contributed by atoms with E-state index >= 15 is 0 Å². The van der Waals surface area contributed by atoms with Gasteiger partial charge in [-0.15, -0.1) is 0 Å². The van der Waals surface area contributed by atoms with Crippen LogP contribution in [0.2, 0.25) is 5.02 Å². The third kappa shape index (κ3) is 4.60. The number of rotatable bonds is 5. The fourth-order valence-electron chi connectivity index (χ4n) is 2.14. The number of sulfone groups is 1. The number of benzene rings is 2. The van der Waals surface area contributed by atoms with Crippen LogP contribution in [0, 0.1) is 0 Å². The van der Waals surface area contributed by atoms with Crippen LogP contribution >= 0.6 is 11.6 Å². The van der Waals surface area contributed by atoms with Gasteiger partial charge in [0, 0.05) is 5.56 Å². The van der Waals surface area contributed by atoms with Crippen LogP contribution in [0.4, 0.5) is 18.9 Å². The molecule has 1 atom stereocenters. The number of anilines is 1. The van der Waals surface area contributed by atoms with E-state index in [1.807, 2.05) is 5.32 Å². The Morgan fingerprint density at radius 1 is 1.03 bits per heavy atom. The Kier molecular flexibility index (Phi) is 6.12. The molecule has 0 aliphatic rings. The lowest BCUT2D eigenvalue weighted by Gasteiger charge is -2.25. The Morgan fingerprint density at radius 3 is 2.00 bits per heavy atom. The largest absolute Gasteiger partial charge is 0.426 e. The number of ketones is 1. The van der Waals surface area contributed by atoms with Crippen LogP contribution in [0.1, 0.15) is 24.2 Å². The van der Waals surface area contributed by atoms with Gasteiger partial charge < -0.3 is 10.4 Å². The van der Waals surface area contributed by atoms with Crippen molar-refractivity contribution in [2.75, 3.05) is 5.32 Å². The number of aliphatic hydroxyl groups is 1. The van der Waals surface area contributed by atoms with Gasteiger partial charge in [0.15, 0.2) is 5.78 Å². The van der Waals surface area contributed by atoms with Crippen molar-refractivity contribution in [2.24, 2.45) is 0 Å². The summed E-state index contributed by atoms with van der Waals surface area (Å²) in [5, 5.41) is 10.8. The summed E-state index contributed by atoms with van der Waals surface area (Å²) in [7, 11) is -4.04. The maximum absolute atomic E-state index is 12.7. The molecule has 0 saturated carbocycles. The Morgan fingerprint density at radius 2 is 1.55 bits per heavy atom. The smallest absolute Gasteiger partial charge is 0.373 e. The Labute approximate surface area is 169 Å².